The number of carbonyl (C=O) groups is 1. The van der Waals surface area contributed by atoms with Gasteiger partial charge in [0.2, 0.25) is 0 Å². The average molecular weight is 598 g/mol. The summed E-state index contributed by atoms with van der Waals surface area (Å²) in [5.41, 5.74) is 4.78. The second kappa shape index (κ2) is 12.2. The molecule has 2 N–H and O–H groups in total. The van der Waals surface area contributed by atoms with Gasteiger partial charge in [-0.1, -0.05) is 63.1 Å². The van der Waals surface area contributed by atoms with Gasteiger partial charge >= 0.3 is 0 Å². The predicted molar refractivity (Wildman–Crippen MR) is 171 cm³/mol. The Morgan fingerprint density at radius 1 is 1.09 bits per heavy atom. The Hall–Kier alpha value is -4.59. The van der Waals surface area contributed by atoms with Gasteiger partial charge in [-0.05, 0) is 68.0 Å². The van der Waals surface area contributed by atoms with Crippen molar-refractivity contribution in [3.8, 4) is 11.5 Å². The fourth-order valence-corrected chi connectivity index (χ4v) is 5.50. The van der Waals surface area contributed by atoms with Gasteiger partial charge in [0.15, 0.2) is 11.6 Å². The number of nitrogens with one attached hydrogen (secondary N) is 1. The largest absolute Gasteiger partial charge is 0.506 e. The lowest BCUT2D eigenvalue weighted by Crippen LogP contribution is -2.36. The van der Waals surface area contributed by atoms with Crippen molar-refractivity contribution in [2.75, 3.05) is 10.2 Å². The molecule has 1 unspecified atom stereocenters. The van der Waals surface area contributed by atoms with E-state index in [0.29, 0.717) is 47.4 Å². The molecule has 0 radical (unpaired) electrons. The van der Waals surface area contributed by atoms with Crippen molar-refractivity contribution in [1.82, 2.24) is 4.98 Å². The van der Waals surface area contributed by atoms with Crippen LogP contribution in [0.3, 0.4) is 0 Å². The Bertz CT molecular complexity index is 1720. The van der Waals surface area contributed by atoms with Crippen molar-refractivity contribution < 1.29 is 23.4 Å². The topological polar surface area (TPSA) is 87.8 Å². The van der Waals surface area contributed by atoms with Crippen molar-refractivity contribution in [2.45, 2.75) is 74.0 Å². The van der Waals surface area contributed by atoms with Gasteiger partial charge in [-0.3, -0.25) is 9.69 Å². The van der Waals surface area contributed by atoms with E-state index in [1.807, 2.05) is 38.1 Å². The van der Waals surface area contributed by atoms with Crippen LogP contribution in [0.1, 0.15) is 85.4 Å². The van der Waals surface area contributed by atoms with Crippen molar-refractivity contribution in [2.24, 2.45) is 5.41 Å². The maximum Gasteiger partial charge on any atom is 0.281 e. The summed E-state index contributed by atoms with van der Waals surface area (Å²) in [6, 6.07) is 16.9. The summed E-state index contributed by atoms with van der Waals surface area (Å²) in [6.07, 6.45) is 1.51. The Labute approximate surface area is 258 Å². The zero-order valence-corrected chi connectivity index (χ0v) is 26.4. The Morgan fingerprint density at radius 3 is 2.45 bits per heavy atom. The first kappa shape index (κ1) is 30.9. The second-order valence-electron chi connectivity index (χ2n) is 12.3. The molecule has 0 fully saturated rings. The van der Waals surface area contributed by atoms with Gasteiger partial charge in [-0.2, -0.15) is 0 Å². The molecule has 0 aliphatic carbocycles. The monoisotopic (exact) mass is 597 g/mol. The number of phenolic OH excluding ortho intramolecular Hbond substituents is 1. The van der Waals surface area contributed by atoms with E-state index >= 15 is 4.39 Å². The fourth-order valence-electron chi connectivity index (χ4n) is 5.50. The number of benzene rings is 3. The third-order valence-corrected chi connectivity index (χ3v) is 8.43. The van der Waals surface area contributed by atoms with Gasteiger partial charge in [0, 0.05) is 24.3 Å². The molecule has 5 rings (SSSR count). The molecular weight excluding hydrogens is 557 g/mol. The van der Waals surface area contributed by atoms with E-state index in [-0.39, 0.29) is 16.9 Å². The average Bonchev–Trinajstić information content (AvgIpc) is 3.27. The van der Waals surface area contributed by atoms with E-state index < -0.39 is 17.8 Å². The second-order valence-corrected chi connectivity index (χ2v) is 12.3. The summed E-state index contributed by atoms with van der Waals surface area (Å²) in [7, 11) is 0. The number of oxazole rings is 1. The number of fused-ring (bicyclic) bond motifs is 1. The summed E-state index contributed by atoms with van der Waals surface area (Å²) >= 11 is 0. The van der Waals surface area contributed by atoms with Crippen LogP contribution in [0.25, 0.3) is 0 Å². The van der Waals surface area contributed by atoms with Gasteiger partial charge in [0.25, 0.3) is 5.91 Å². The van der Waals surface area contributed by atoms with Crippen LogP contribution >= 0.6 is 0 Å². The molecule has 0 bridgehead atoms. The molecule has 1 aliphatic rings. The molecule has 1 aliphatic heterocycles. The first-order chi connectivity index (χ1) is 20.9. The number of phenols is 1. The molecule has 0 spiro atoms. The molecular formula is C36H40FN3O4. The lowest BCUT2D eigenvalue weighted by atomic mass is 9.83. The number of hydrogen-bond donors (Lipinski definition) is 2. The van der Waals surface area contributed by atoms with E-state index in [1.165, 1.54) is 11.0 Å². The highest BCUT2D eigenvalue weighted by Crippen LogP contribution is 2.48. The number of amides is 1. The van der Waals surface area contributed by atoms with Crippen molar-refractivity contribution in [3.63, 3.8) is 0 Å². The SMILES string of the molecule is CCC(C)(C)CC1=C(C)C(c2ccc(OCc3ccc(C)cc3)cc2F)N(C(=O)c2nc(C)oc2C)c2cccc(O)c2N1. The number of ether oxygens (including phenoxy) is 1. The van der Waals surface area contributed by atoms with E-state index in [4.69, 9.17) is 9.15 Å². The van der Waals surface area contributed by atoms with Gasteiger partial charge in [-0.25, -0.2) is 9.37 Å². The van der Waals surface area contributed by atoms with Gasteiger partial charge in [0.05, 0.1) is 11.7 Å². The summed E-state index contributed by atoms with van der Waals surface area (Å²) in [4.78, 5) is 20.3. The third kappa shape index (κ3) is 6.20. The van der Waals surface area contributed by atoms with Gasteiger partial charge in [-0.15, -0.1) is 0 Å². The molecule has 7 nitrogen and oxygen atoms in total. The summed E-state index contributed by atoms with van der Waals surface area (Å²) in [5.74, 6) is 0.0944. The molecule has 1 atom stereocenters. The molecule has 4 aromatic rings. The Morgan fingerprint density at radius 2 is 1.82 bits per heavy atom. The van der Waals surface area contributed by atoms with Crippen molar-refractivity contribution in [1.29, 1.82) is 0 Å². The van der Waals surface area contributed by atoms with E-state index in [9.17, 15) is 9.90 Å². The number of aryl methyl sites for hydroxylation is 3. The number of nitrogens with zero attached hydrogens (tertiary/aromatic N) is 2. The predicted octanol–water partition coefficient (Wildman–Crippen LogP) is 8.94. The highest BCUT2D eigenvalue weighted by atomic mass is 19.1. The Balaban J connectivity index is 1.65. The molecule has 0 saturated heterocycles. The van der Waals surface area contributed by atoms with Crippen LogP contribution in [0.4, 0.5) is 15.8 Å². The van der Waals surface area contributed by atoms with Crippen molar-refractivity contribution >= 4 is 17.3 Å². The Kier molecular flexibility index (Phi) is 8.55. The number of aromatic nitrogens is 1. The minimum absolute atomic E-state index is 0.0195. The molecule has 3 aromatic carbocycles. The van der Waals surface area contributed by atoms with Crippen LogP contribution in [0.15, 0.2) is 76.4 Å². The molecule has 44 heavy (non-hydrogen) atoms. The summed E-state index contributed by atoms with van der Waals surface area (Å²) in [6.45, 7) is 14.0. The maximum atomic E-state index is 16.3. The van der Waals surface area contributed by atoms with Crippen LogP contribution in [0.5, 0.6) is 11.5 Å². The normalized spacial score (nSPS) is 15.1. The third-order valence-electron chi connectivity index (χ3n) is 8.43. The van der Waals surface area contributed by atoms with E-state index in [1.54, 1.807) is 44.2 Å². The maximum absolute atomic E-state index is 16.3. The van der Waals surface area contributed by atoms with Crippen LogP contribution in [0, 0.1) is 32.0 Å². The van der Waals surface area contributed by atoms with Gasteiger partial charge < -0.3 is 19.6 Å². The molecule has 2 heterocycles. The summed E-state index contributed by atoms with van der Waals surface area (Å²) < 4.78 is 27.8. The number of hydrogen-bond acceptors (Lipinski definition) is 6. The number of carbonyl (C=O) groups excluding carboxylic acids is 1. The standard InChI is InChI=1S/C36H40FN3O4/c1-8-36(6,7)19-29-22(3)34(27-17-16-26(18-28(27)37)43-20-25-14-12-21(2)13-15-25)40(30-10-9-11-31(41)33(30)39-29)35(42)32-23(4)44-24(5)38-32/h9-18,34,39,41H,8,19-20H2,1-7H3. The van der Waals surface area contributed by atoms with Crippen LogP contribution in [-0.2, 0) is 6.61 Å². The zero-order chi connectivity index (χ0) is 31.8. The molecule has 0 saturated carbocycles. The number of anilines is 2. The van der Waals surface area contributed by atoms with E-state index in [0.717, 1.165) is 28.8 Å². The zero-order valence-electron chi connectivity index (χ0n) is 26.4. The van der Waals surface area contributed by atoms with Gasteiger partial charge in [0.1, 0.15) is 35.4 Å². The van der Waals surface area contributed by atoms with Crippen LogP contribution in [-0.4, -0.2) is 16.0 Å². The fraction of sp³-hybridized carbons (Fsp3) is 0.333. The molecule has 8 heteroatoms. The number of allylic oxidation sites excluding steroid dienone is 1. The van der Waals surface area contributed by atoms with E-state index in [2.05, 4.69) is 31.1 Å². The smallest absolute Gasteiger partial charge is 0.281 e. The minimum Gasteiger partial charge on any atom is -0.506 e. The molecule has 230 valence electrons. The highest BCUT2D eigenvalue weighted by Gasteiger charge is 2.39. The number of aromatic hydroxyl groups is 1. The molecule has 1 aromatic heterocycles. The first-order valence-electron chi connectivity index (χ1n) is 14.9. The number of para-hydroxylation sites is 1. The first-order valence-corrected chi connectivity index (χ1v) is 14.9. The highest BCUT2D eigenvalue weighted by molar-refractivity contribution is 6.09. The minimum atomic E-state index is -0.858. The van der Waals surface area contributed by atoms with Crippen molar-refractivity contribution in [3.05, 3.63) is 112 Å². The lowest BCUT2D eigenvalue weighted by Gasteiger charge is -2.33. The van der Waals surface area contributed by atoms with Crippen LogP contribution in [0.2, 0.25) is 0 Å². The number of halogens is 1. The van der Waals surface area contributed by atoms with Crippen LogP contribution < -0.4 is 15.0 Å². The quantitative estimate of drug-likeness (QED) is 0.197. The molecule has 1 amide bonds. The lowest BCUT2D eigenvalue weighted by molar-refractivity contribution is 0.0974. The number of rotatable bonds is 8. The summed E-state index contributed by atoms with van der Waals surface area (Å²) in [5, 5.41) is 14.5.